The van der Waals surface area contributed by atoms with Gasteiger partial charge in [0.05, 0.1) is 19.2 Å². The number of benzene rings is 1. The molecule has 1 unspecified atom stereocenters. The average molecular weight is 259 g/mol. The second-order valence-corrected chi connectivity index (χ2v) is 4.99. The van der Waals surface area contributed by atoms with E-state index < -0.39 is 0 Å². The molecule has 1 aromatic rings. The molecule has 1 fully saturated rings. The molecule has 4 nitrogen and oxygen atoms in total. The van der Waals surface area contributed by atoms with Crippen molar-refractivity contribution in [2.45, 2.75) is 6.54 Å². The number of carbonyl (C=O) groups is 1. The van der Waals surface area contributed by atoms with Crippen molar-refractivity contribution in [3.63, 3.8) is 0 Å². The van der Waals surface area contributed by atoms with Gasteiger partial charge in [-0.15, -0.1) is 0 Å². The van der Waals surface area contributed by atoms with E-state index in [2.05, 4.69) is 17.0 Å². The van der Waals surface area contributed by atoms with E-state index >= 15 is 0 Å². The quantitative estimate of drug-likeness (QED) is 0.772. The molecule has 1 atom stereocenters. The van der Waals surface area contributed by atoms with Gasteiger partial charge in [0.25, 0.3) is 0 Å². The van der Waals surface area contributed by atoms with Gasteiger partial charge in [-0.1, -0.05) is 30.3 Å². The van der Waals surface area contributed by atoms with Gasteiger partial charge in [-0.2, -0.15) is 0 Å². The number of ether oxygens (including phenoxy) is 2. The first-order valence-corrected chi connectivity index (χ1v) is 6.48. The van der Waals surface area contributed by atoms with Crippen LogP contribution in [0.2, 0.25) is 0 Å². The Morgan fingerprint density at radius 1 is 1.37 bits per heavy atom. The zero-order valence-electron chi connectivity index (χ0n) is 11.0. The third-order valence-corrected chi connectivity index (χ3v) is 3.69. The number of hydrogen-bond donors (Lipinski definition) is 0. The van der Waals surface area contributed by atoms with E-state index in [0.717, 1.165) is 24.4 Å². The van der Waals surface area contributed by atoms with Gasteiger partial charge in [-0.05, 0) is 5.56 Å². The summed E-state index contributed by atoms with van der Waals surface area (Å²) in [5, 5.41) is 0. The average Bonchev–Trinajstić information content (AvgIpc) is 2.81. The second-order valence-electron chi connectivity index (χ2n) is 4.99. The van der Waals surface area contributed by atoms with E-state index in [1.165, 1.54) is 5.56 Å². The predicted molar refractivity (Wildman–Crippen MR) is 70.2 cm³/mol. The Bertz CT molecular complexity index is 509. The van der Waals surface area contributed by atoms with E-state index in [4.69, 9.17) is 9.47 Å². The van der Waals surface area contributed by atoms with Crippen LogP contribution in [0.1, 0.15) is 5.56 Å². The van der Waals surface area contributed by atoms with Crippen molar-refractivity contribution in [3.05, 3.63) is 47.2 Å². The molecule has 2 heterocycles. The number of carbonyl (C=O) groups excluding carboxylic acids is 1. The number of fused-ring (bicyclic) bond motifs is 1. The van der Waals surface area contributed by atoms with Crippen LogP contribution in [0.3, 0.4) is 0 Å². The molecule has 1 aromatic carbocycles. The molecule has 0 N–H and O–H groups in total. The van der Waals surface area contributed by atoms with Crippen molar-refractivity contribution in [2.24, 2.45) is 5.92 Å². The highest BCUT2D eigenvalue weighted by atomic mass is 16.5. The summed E-state index contributed by atoms with van der Waals surface area (Å²) in [6, 6.07) is 10.3. The smallest absolute Gasteiger partial charge is 0.337 e. The highest BCUT2D eigenvalue weighted by molar-refractivity contribution is 5.92. The maximum atomic E-state index is 11.7. The fourth-order valence-corrected chi connectivity index (χ4v) is 2.79. The minimum Gasteiger partial charge on any atom is -0.499 e. The molecule has 0 saturated carbocycles. The number of hydrogen-bond acceptors (Lipinski definition) is 4. The van der Waals surface area contributed by atoms with Crippen LogP contribution in [-0.2, 0) is 20.8 Å². The highest BCUT2D eigenvalue weighted by Crippen LogP contribution is 2.31. The molecule has 0 aromatic heterocycles. The summed E-state index contributed by atoms with van der Waals surface area (Å²) in [6.45, 7) is 2.87. The maximum absolute atomic E-state index is 11.7. The van der Waals surface area contributed by atoms with Gasteiger partial charge in [0, 0.05) is 19.0 Å². The lowest BCUT2D eigenvalue weighted by Crippen LogP contribution is -2.37. The summed E-state index contributed by atoms with van der Waals surface area (Å²) in [4.78, 5) is 14.0. The Morgan fingerprint density at radius 3 is 2.89 bits per heavy atom. The summed E-state index contributed by atoms with van der Waals surface area (Å²) in [5.41, 5.74) is 2.01. The molecule has 3 rings (SSSR count). The molecule has 0 amide bonds. The Balaban J connectivity index is 1.78. The lowest BCUT2D eigenvalue weighted by Gasteiger charge is -2.30. The van der Waals surface area contributed by atoms with Gasteiger partial charge < -0.3 is 9.47 Å². The third kappa shape index (κ3) is 2.36. The van der Waals surface area contributed by atoms with Gasteiger partial charge in [-0.3, -0.25) is 4.90 Å². The summed E-state index contributed by atoms with van der Waals surface area (Å²) >= 11 is 0. The molecule has 1 saturated heterocycles. The zero-order valence-corrected chi connectivity index (χ0v) is 11.0. The number of esters is 1. The van der Waals surface area contributed by atoms with Gasteiger partial charge in [-0.25, -0.2) is 4.79 Å². The van der Waals surface area contributed by atoms with Crippen LogP contribution in [0, 0.1) is 5.92 Å². The van der Waals surface area contributed by atoms with Gasteiger partial charge in [0.1, 0.15) is 12.4 Å². The van der Waals surface area contributed by atoms with Crippen molar-refractivity contribution in [2.75, 3.05) is 26.8 Å². The lowest BCUT2D eigenvalue weighted by atomic mass is 9.96. The van der Waals surface area contributed by atoms with Crippen molar-refractivity contribution >= 4 is 5.97 Å². The standard InChI is InChI=1S/C15H17NO3/c1-18-13-9-16(7-11-5-3-2-4-6-11)8-12-10-19-15(17)14(12)13/h2-6,12H,7-10H2,1H3. The monoisotopic (exact) mass is 259 g/mol. The molecular formula is C15H17NO3. The fourth-order valence-electron chi connectivity index (χ4n) is 2.79. The number of rotatable bonds is 3. The van der Waals surface area contributed by atoms with E-state index in [0.29, 0.717) is 13.2 Å². The SMILES string of the molecule is COC1=C2C(=O)OCC2CN(Cc2ccccc2)C1. The van der Waals surface area contributed by atoms with Crippen LogP contribution >= 0.6 is 0 Å². The first kappa shape index (κ1) is 12.2. The summed E-state index contributed by atoms with van der Waals surface area (Å²) < 4.78 is 10.5. The summed E-state index contributed by atoms with van der Waals surface area (Å²) in [6.07, 6.45) is 0. The van der Waals surface area contributed by atoms with Crippen molar-refractivity contribution < 1.29 is 14.3 Å². The van der Waals surface area contributed by atoms with Crippen molar-refractivity contribution in [1.82, 2.24) is 4.90 Å². The fraction of sp³-hybridized carbons (Fsp3) is 0.400. The second kappa shape index (κ2) is 5.05. The molecule has 19 heavy (non-hydrogen) atoms. The Labute approximate surface area is 112 Å². The van der Waals surface area contributed by atoms with Gasteiger partial charge in [0.15, 0.2) is 0 Å². The Morgan fingerprint density at radius 2 is 2.16 bits per heavy atom. The summed E-state index contributed by atoms with van der Waals surface area (Å²) in [5.74, 6) is 0.704. The number of cyclic esters (lactones) is 1. The normalized spacial score (nSPS) is 23.2. The molecule has 0 spiro atoms. The minimum absolute atomic E-state index is 0.153. The van der Waals surface area contributed by atoms with E-state index in [9.17, 15) is 4.79 Å². The molecule has 0 bridgehead atoms. The van der Waals surface area contributed by atoms with Crippen molar-refractivity contribution in [1.29, 1.82) is 0 Å². The molecular weight excluding hydrogens is 242 g/mol. The van der Waals surface area contributed by atoms with Gasteiger partial charge >= 0.3 is 5.97 Å². The molecule has 4 heteroatoms. The van der Waals surface area contributed by atoms with Crippen molar-refractivity contribution in [3.8, 4) is 0 Å². The largest absolute Gasteiger partial charge is 0.499 e. The van der Waals surface area contributed by atoms with Gasteiger partial charge in [0.2, 0.25) is 0 Å². The number of nitrogens with zero attached hydrogens (tertiary/aromatic N) is 1. The number of methoxy groups -OCH3 is 1. The van der Waals surface area contributed by atoms with E-state index in [-0.39, 0.29) is 11.9 Å². The molecule has 100 valence electrons. The molecule has 2 aliphatic heterocycles. The first-order valence-electron chi connectivity index (χ1n) is 6.48. The minimum atomic E-state index is -0.207. The van der Waals surface area contributed by atoms with E-state index in [1.807, 2.05) is 18.2 Å². The maximum Gasteiger partial charge on any atom is 0.337 e. The topological polar surface area (TPSA) is 38.8 Å². The van der Waals surface area contributed by atoms with Crippen LogP contribution in [-0.4, -0.2) is 37.7 Å². The first-order chi connectivity index (χ1) is 9.28. The van der Waals surface area contributed by atoms with Crippen LogP contribution < -0.4 is 0 Å². The predicted octanol–water partition coefficient (Wildman–Crippen LogP) is 1.58. The van der Waals surface area contributed by atoms with Crippen LogP contribution in [0.15, 0.2) is 41.7 Å². The molecule has 0 aliphatic carbocycles. The molecule has 2 aliphatic rings. The zero-order chi connectivity index (χ0) is 13.2. The van der Waals surface area contributed by atoms with E-state index in [1.54, 1.807) is 7.11 Å². The third-order valence-electron chi connectivity index (χ3n) is 3.69. The highest BCUT2D eigenvalue weighted by Gasteiger charge is 2.39. The molecule has 0 radical (unpaired) electrons. The summed E-state index contributed by atoms with van der Waals surface area (Å²) in [7, 11) is 1.62. The Hall–Kier alpha value is -1.81. The van der Waals surface area contributed by atoms with Crippen LogP contribution in [0.25, 0.3) is 0 Å². The Kier molecular flexibility index (Phi) is 3.25. The lowest BCUT2D eigenvalue weighted by molar-refractivity contribution is -0.135. The van der Waals surface area contributed by atoms with Crippen LogP contribution in [0.5, 0.6) is 0 Å². The van der Waals surface area contributed by atoms with Crippen LogP contribution in [0.4, 0.5) is 0 Å².